The highest BCUT2D eigenvalue weighted by Crippen LogP contribution is 2.27. The predicted molar refractivity (Wildman–Crippen MR) is 92.8 cm³/mol. The van der Waals surface area contributed by atoms with E-state index in [-0.39, 0.29) is 30.2 Å². The summed E-state index contributed by atoms with van der Waals surface area (Å²) in [7, 11) is 0. The number of nitrogens with zero attached hydrogens (tertiary/aromatic N) is 2. The minimum Gasteiger partial charge on any atom is -0.362 e. The van der Waals surface area contributed by atoms with Crippen molar-refractivity contribution < 1.29 is 9.72 Å². The van der Waals surface area contributed by atoms with Gasteiger partial charge in [-0.25, -0.2) is 0 Å². The van der Waals surface area contributed by atoms with Crippen LogP contribution in [-0.4, -0.2) is 28.4 Å². The number of nitro groups is 1. The number of carbonyl (C=O) groups is 1. The molecular formula is C16H22ClN3O3. The van der Waals surface area contributed by atoms with E-state index < -0.39 is 4.92 Å². The summed E-state index contributed by atoms with van der Waals surface area (Å²) in [6, 6.07) is 6.26. The molecule has 0 aromatic heterocycles. The minimum absolute atomic E-state index is 0. The topological polar surface area (TPSA) is 75.5 Å². The van der Waals surface area contributed by atoms with Crippen LogP contribution in [0, 0.1) is 10.1 Å². The van der Waals surface area contributed by atoms with E-state index in [4.69, 9.17) is 0 Å². The summed E-state index contributed by atoms with van der Waals surface area (Å²) < 4.78 is 0. The van der Waals surface area contributed by atoms with Gasteiger partial charge in [-0.05, 0) is 38.0 Å². The van der Waals surface area contributed by atoms with Crippen LogP contribution >= 0.6 is 12.4 Å². The Morgan fingerprint density at radius 1 is 1.26 bits per heavy atom. The quantitative estimate of drug-likeness (QED) is 0.633. The largest absolute Gasteiger partial charge is 0.362 e. The standard InChI is InChI=1S/C16H21N3O3.ClH/c1-4-5-10-18-15(11(2)12(3)16(18)20)17-13-6-8-14(9-7-13)19(21)22;/h6-9,15,17H,4-5,10H2,1-3H3;1H. The van der Waals surface area contributed by atoms with Crippen molar-refractivity contribution in [3.05, 3.63) is 45.5 Å². The Morgan fingerprint density at radius 3 is 2.39 bits per heavy atom. The second-order valence-electron chi connectivity index (χ2n) is 5.51. The maximum absolute atomic E-state index is 12.3. The van der Waals surface area contributed by atoms with Gasteiger partial charge < -0.3 is 10.2 Å². The SMILES string of the molecule is CCCCN1C(=O)C(C)=C(C)C1Nc1ccc([N+](=O)[O-])cc1.Cl. The zero-order chi connectivity index (χ0) is 16.3. The Hall–Kier alpha value is -2.08. The number of benzene rings is 1. The summed E-state index contributed by atoms with van der Waals surface area (Å²) >= 11 is 0. The molecule has 1 heterocycles. The molecule has 6 nitrogen and oxygen atoms in total. The lowest BCUT2D eigenvalue weighted by Gasteiger charge is -2.28. The first kappa shape index (κ1) is 19.0. The van der Waals surface area contributed by atoms with Crippen LogP contribution in [0.15, 0.2) is 35.4 Å². The van der Waals surface area contributed by atoms with Crippen molar-refractivity contribution in [2.24, 2.45) is 0 Å². The molecule has 0 bridgehead atoms. The molecule has 126 valence electrons. The van der Waals surface area contributed by atoms with E-state index >= 15 is 0 Å². The summed E-state index contributed by atoms with van der Waals surface area (Å²) in [5.41, 5.74) is 2.59. The Morgan fingerprint density at radius 2 is 1.87 bits per heavy atom. The van der Waals surface area contributed by atoms with Gasteiger partial charge in [-0.3, -0.25) is 14.9 Å². The number of amides is 1. The molecule has 1 unspecified atom stereocenters. The fraction of sp³-hybridized carbons (Fsp3) is 0.438. The number of hydrogen-bond donors (Lipinski definition) is 1. The van der Waals surface area contributed by atoms with Crippen molar-refractivity contribution in [3.63, 3.8) is 0 Å². The average Bonchev–Trinajstić information content (AvgIpc) is 2.70. The van der Waals surface area contributed by atoms with Crippen molar-refractivity contribution in [2.75, 3.05) is 11.9 Å². The molecule has 0 fully saturated rings. The van der Waals surface area contributed by atoms with Crippen LogP contribution in [0.4, 0.5) is 11.4 Å². The monoisotopic (exact) mass is 339 g/mol. The van der Waals surface area contributed by atoms with Crippen LogP contribution in [0.2, 0.25) is 0 Å². The van der Waals surface area contributed by atoms with Crippen LogP contribution in [0.3, 0.4) is 0 Å². The molecule has 1 aliphatic rings. The van der Waals surface area contributed by atoms with Crippen LogP contribution in [0.25, 0.3) is 0 Å². The van der Waals surface area contributed by atoms with Crippen molar-refractivity contribution >= 4 is 29.7 Å². The molecule has 23 heavy (non-hydrogen) atoms. The number of unbranched alkanes of at least 4 members (excludes halogenated alkanes) is 1. The molecule has 1 aliphatic heterocycles. The van der Waals surface area contributed by atoms with Crippen molar-refractivity contribution in [1.29, 1.82) is 0 Å². The van der Waals surface area contributed by atoms with Gasteiger partial charge in [0.05, 0.1) is 4.92 Å². The molecule has 0 aliphatic carbocycles. The number of anilines is 1. The molecule has 1 aromatic carbocycles. The number of halogens is 1. The molecule has 7 heteroatoms. The molecule has 0 saturated carbocycles. The third-order valence-corrected chi connectivity index (χ3v) is 4.03. The van der Waals surface area contributed by atoms with E-state index in [1.807, 2.05) is 18.7 Å². The first-order valence-corrected chi connectivity index (χ1v) is 7.45. The Bertz CT molecular complexity index is 614. The molecule has 0 spiro atoms. The van der Waals surface area contributed by atoms with E-state index in [2.05, 4.69) is 12.2 Å². The fourth-order valence-electron chi connectivity index (χ4n) is 2.52. The second kappa shape index (κ2) is 7.97. The van der Waals surface area contributed by atoms with Crippen LogP contribution in [0.1, 0.15) is 33.6 Å². The van der Waals surface area contributed by atoms with Crippen molar-refractivity contribution in [1.82, 2.24) is 4.90 Å². The van der Waals surface area contributed by atoms with Gasteiger partial charge >= 0.3 is 0 Å². The van der Waals surface area contributed by atoms with Gasteiger partial charge in [0.15, 0.2) is 0 Å². The Kier molecular flexibility index (Phi) is 6.57. The van der Waals surface area contributed by atoms with E-state index in [1.54, 1.807) is 12.1 Å². The number of non-ortho nitro benzene ring substituents is 1. The third-order valence-electron chi connectivity index (χ3n) is 4.03. The minimum atomic E-state index is -0.425. The van der Waals surface area contributed by atoms with Gasteiger partial charge in [-0.2, -0.15) is 0 Å². The highest BCUT2D eigenvalue weighted by atomic mass is 35.5. The number of carbonyl (C=O) groups excluding carboxylic acids is 1. The highest BCUT2D eigenvalue weighted by molar-refractivity contribution is 5.97. The zero-order valence-electron chi connectivity index (χ0n) is 13.5. The van der Waals surface area contributed by atoms with Crippen LogP contribution < -0.4 is 5.32 Å². The molecule has 0 radical (unpaired) electrons. The molecule has 1 atom stereocenters. The molecule has 1 N–H and O–H groups in total. The van der Waals surface area contributed by atoms with Gasteiger partial charge in [0, 0.05) is 29.9 Å². The number of rotatable bonds is 6. The number of nitro benzene ring substituents is 1. The molecule has 2 rings (SSSR count). The van der Waals surface area contributed by atoms with Gasteiger partial charge in [-0.1, -0.05) is 13.3 Å². The first-order valence-electron chi connectivity index (χ1n) is 7.45. The van der Waals surface area contributed by atoms with Gasteiger partial charge in [0.25, 0.3) is 11.6 Å². The lowest BCUT2D eigenvalue weighted by Crippen LogP contribution is -2.41. The van der Waals surface area contributed by atoms with Gasteiger partial charge in [0.1, 0.15) is 6.17 Å². The predicted octanol–water partition coefficient (Wildman–Crippen LogP) is 3.73. The first-order chi connectivity index (χ1) is 10.5. The lowest BCUT2D eigenvalue weighted by molar-refractivity contribution is -0.384. The number of hydrogen-bond acceptors (Lipinski definition) is 4. The Balaban J connectivity index is 0.00000264. The lowest BCUT2D eigenvalue weighted by atomic mass is 10.1. The smallest absolute Gasteiger partial charge is 0.269 e. The normalized spacial score (nSPS) is 17.3. The maximum atomic E-state index is 12.3. The highest BCUT2D eigenvalue weighted by Gasteiger charge is 2.34. The second-order valence-corrected chi connectivity index (χ2v) is 5.51. The molecule has 1 aromatic rings. The van der Waals surface area contributed by atoms with Crippen molar-refractivity contribution in [3.8, 4) is 0 Å². The molecular weight excluding hydrogens is 318 g/mol. The average molecular weight is 340 g/mol. The van der Waals surface area contributed by atoms with E-state index in [0.29, 0.717) is 6.54 Å². The number of nitrogens with one attached hydrogen (secondary N) is 1. The fourth-order valence-corrected chi connectivity index (χ4v) is 2.52. The summed E-state index contributed by atoms with van der Waals surface area (Å²) in [5.74, 6) is 0.0605. The van der Waals surface area contributed by atoms with Crippen molar-refractivity contribution in [2.45, 2.75) is 39.8 Å². The molecule has 1 amide bonds. The van der Waals surface area contributed by atoms with Gasteiger partial charge in [-0.15, -0.1) is 12.4 Å². The summed E-state index contributed by atoms with van der Waals surface area (Å²) in [6.45, 7) is 6.58. The van der Waals surface area contributed by atoms with Gasteiger partial charge in [0.2, 0.25) is 0 Å². The molecule has 0 saturated heterocycles. The van der Waals surface area contributed by atoms with E-state index in [1.165, 1.54) is 12.1 Å². The zero-order valence-corrected chi connectivity index (χ0v) is 14.4. The summed E-state index contributed by atoms with van der Waals surface area (Å²) in [6.07, 6.45) is 1.79. The summed E-state index contributed by atoms with van der Waals surface area (Å²) in [5, 5.41) is 14.0. The Labute approximate surface area is 142 Å². The van der Waals surface area contributed by atoms with E-state index in [9.17, 15) is 14.9 Å². The van der Waals surface area contributed by atoms with Crippen LogP contribution in [0.5, 0.6) is 0 Å². The van der Waals surface area contributed by atoms with E-state index in [0.717, 1.165) is 29.7 Å². The third kappa shape index (κ3) is 4.01. The summed E-state index contributed by atoms with van der Waals surface area (Å²) in [4.78, 5) is 24.4. The van der Waals surface area contributed by atoms with Crippen LogP contribution in [-0.2, 0) is 4.79 Å². The maximum Gasteiger partial charge on any atom is 0.269 e.